The zero-order valence-corrected chi connectivity index (χ0v) is 16.1. The van der Waals surface area contributed by atoms with Crippen LogP contribution in [-0.2, 0) is 12.8 Å². The van der Waals surface area contributed by atoms with Crippen LogP contribution in [0.1, 0.15) is 35.6 Å². The number of ether oxygens (including phenoxy) is 2. The molecule has 1 aliphatic heterocycles. The van der Waals surface area contributed by atoms with Gasteiger partial charge in [0.2, 0.25) is 0 Å². The van der Waals surface area contributed by atoms with Crippen molar-refractivity contribution in [1.29, 1.82) is 0 Å². The molecule has 144 valence electrons. The first kappa shape index (κ1) is 19.2. The maximum atomic E-state index is 10.8. The Bertz CT molecular complexity index is 805. The van der Waals surface area contributed by atoms with Gasteiger partial charge < -0.3 is 9.47 Å². The highest BCUT2D eigenvalue weighted by atomic mass is 16.6. The van der Waals surface area contributed by atoms with E-state index in [0.29, 0.717) is 6.04 Å². The Morgan fingerprint density at radius 3 is 2.44 bits per heavy atom. The highest BCUT2D eigenvalue weighted by molar-refractivity contribution is 5.49. The first-order chi connectivity index (χ1) is 13.0. The lowest BCUT2D eigenvalue weighted by Crippen LogP contribution is -2.32. The molecule has 0 aromatic heterocycles. The van der Waals surface area contributed by atoms with Crippen molar-refractivity contribution in [2.75, 3.05) is 27.8 Å². The standard InChI is InChI=1S/C21H26N2O4/c1-22-12-11-16-13-20(26-2)21(27-3)14-18(16)19(22)6-4-5-15-7-9-17(10-8-15)23(24)25/h7-10,13-14,19H,4-6,11-12H2,1-3H3. The van der Waals surface area contributed by atoms with Crippen LogP contribution in [0.15, 0.2) is 36.4 Å². The van der Waals surface area contributed by atoms with Crippen LogP contribution in [0.3, 0.4) is 0 Å². The number of nitro benzene ring substituents is 1. The van der Waals surface area contributed by atoms with Gasteiger partial charge in [-0.05, 0) is 61.6 Å². The largest absolute Gasteiger partial charge is 0.493 e. The molecule has 1 heterocycles. The molecule has 3 rings (SSSR count). The molecule has 0 radical (unpaired) electrons. The minimum atomic E-state index is -0.362. The molecule has 27 heavy (non-hydrogen) atoms. The van der Waals surface area contributed by atoms with Crippen LogP contribution in [0.25, 0.3) is 0 Å². The van der Waals surface area contributed by atoms with E-state index in [9.17, 15) is 10.1 Å². The number of non-ortho nitro benzene ring substituents is 1. The van der Waals surface area contributed by atoms with E-state index in [-0.39, 0.29) is 10.6 Å². The Hall–Kier alpha value is -2.60. The van der Waals surface area contributed by atoms with E-state index < -0.39 is 0 Å². The summed E-state index contributed by atoms with van der Waals surface area (Å²) >= 11 is 0. The number of rotatable bonds is 7. The summed E-state index contributed by atoms with van der Waals surface area (Å²) in [5.41, 5.74) is 3.91. The van der Waals surface area contributed by atoms with Gasteiger partial charge in [-0.25, -0.2) is 0 Å². The van der Waals surface area contributed by atoms with Crippen molar-refractivity contribution in [1.82, 2.24) is 4.90 Å². The van der Waals surface area contributed by atoms with Gasteiger partial charge >= 0.3 is 0 Å². The summed E-state index contributed by atoms with van der Waals surface area (Å²) in [5.74, 6) is 1.55. The lowest BCUT2D eigenvalue weighted by Gasteiger charge is -2.35. The average Bonchev–Trinajstić information content (AvgIpc) is 2.69. The fourth-order valence-corrected chi connectivity index (χ4v) is 3.81. The Labute approximate surface area is 159 Å². The molecule has 0 aliphatic carbocycles. The molecule has 1 unspecified atom stereocenters. The van der Waals surface area contributed by atoms with Gasteiger partial charge in [0.05, 0.1) is 19.1 Å². The average molecular weight is 370 g/mol. The summed E-state index contributed by atoms with van der Waals surface area (Å²) in [7, 11) is 5.50. The molecular weight excluding hydrogens is 344 g/mol. The molecule has 0 saturated carbocycles. The number of likely N-dealkylation sites (N-methyl/N-ethyl adjacent to an activating group) is 1. The third-order valence-corrected chi connectivity index (χ3v) is 5.36. The van der Waals surface area contributed by atoms with Crippen molar-refractivity contribution in [3.63, 3.8) is 0 Å². The fraction of sp³-hybridized carbons (Fsp3) is 0.429. The first-order valence-electron chi connectivity index (χ1n) is 9.22. The molecule has 0 bridgehead atoms. The maximum absolute atomic E-state index is 10.8. The number of hydrogen-bond acceptors (Lipinski definition) is 5. The van der Waals surface area contributed by atoms with Gasteiger partial charge in [-0.2, -0.15) is 0 Å². The van der Waals surface area contributed by atoms with Crippen molar-refractivity contribution in [2.45, 2.75) is 31.7 Å². The van der Waals surface area contributed by atoms with Crippen LogP contribution in [0.2, 0.25) is 0 Å². The molecule has 1 aliphatic rings. The molecule has 6 heteroatoms. The second-order valence-corrected chi connectivity index (χ2v) is 6.97. The van der Waals surface area contributed by atoms with Gasteiger partial charge in [0.15, 0.2) is 11.5 Å². The summed E-state index contributed by atoms with van der Waals surface area (Å²) in [4.78, 5) is 12.8. The fourth-order valence-electron chi connectivity index (χ4n) is 3.81. The van der Waals surface area contributed by atoms with Gasteiger partial charge in [0.25, 0.3) is 5.69 Å². The number of fused-ring (bicyclic) bond motifs is 1. The number of nitrogens with zero attached hydrogens (tertiary/aromatic N) is 2. The van der Waals surface area contributed by atoms with Crippen LogP contribution in [0.4, 0.5) is 5.69 Å². The van der Waals surface area contributed by atoms with E-state index in [0.717, 1.165) is 49.3 Å². The Morgan fingerprint density at radius 1 is 1.15 bits per heavy atom. The molecule has 0 fully saturated rings. The highest BCUT2D eigenvalue weighted by Gasteiger charge is 2.26. The van der Waals surface area contributed by atoms with E-state index in [1.165, 1.54) is 11.1 Å². The molecule has 0 amide bonds. The molecular formula is C21H26N2O4. The zero-order valence-electron chi connectivity index (χ0n) is 16.1. The Balaban J connectivity index is 1.70. The SMILES string of the molecule is COc1cc2c(cc1OC)C(CCCc1ccc([N+](=O)[O-])cc1)N(C)CC2. The smallest absolute Gasteiger partial charge is 0.269 e. The van der Waals surface area contributed by atoms with Crippen LogP contribution in [0, 0.1) is 10.1 Å². The zero-order chi connectivity index (χ0) is 19.4. The van der Waals surface area contributed by atoms with Crippen molar-refractivity contribution in [2.24, 2.45) is 0 Å². The third-order valence-electron chi connectivity index (χ3n) is 5.36. The predicted molar refractivity (Wildman–Crippen MR) is 105 cm³/mol. The summed E-state index contributed by atoms with van der Waals surface area (Å²) in [6, 6.07) is 11.4. The first-order valence-corrected chi connectivity index (χ1v) is 9.22. The third kappa shape index (κ3) is 4.22. The predicted octanol–water partition coefficient (Wildman–Crippen LogP) is 4.16. The van der Waals surface area contributed by atoms with E-state index in [1.54, 1.807) is 26.4 Å². The van der Waals surface area contributed by atoms with Crippen molar-refractivity contribution >= 4 is 5.69 Å². The van der Waals surface area contributed by atoms with Gasteiger partial charge in [-0.15, -0.1) is 0 Å². The normalized spacial score (nSPS) is 16.6. The van der Waals surface area contributed by atoms with E-state index in [4.69, 9.17) is 9.47 Å². The van der Waals surface area contributed by atoms with Gasteiger partial charge in [0, 0.05) is 24.7 Å². The number of benzene rings is 2. The van der Waals surface area contributed by atoms with Crippen LogP contribution < -0.4 is 9.47 Å². The van der Waals surface area contributed by atoms with E-state index in [1.807, 2.05) is 12.1 Å². The number of methoxy groups -OCH3 is 2. The van der Waals surface area contributed by atoms with Crippen molar-refractivity contribution < 1.29 is 14.4 Å². The highest BCUT2D eigenvalue weighted by Crippen LogP contribution is 2.39. The molecule has 2 aromatic carbocycles. The monoisotopic (exact) mass is 370 g/mol. The lowest BCUT2D eigenvalue weighted by molar-refractivity contribution is -0.384. The summed E-state index contributed by atoms with van der Waals surface area (Å²) in [6.07, 6.45) is 3.95. The van der Waals surface area contributed by atoms with Crippen molar-refractivity contribution in [3.8, 4) is 11.5 Å². The summed E-state index contributed by atoms with van der Waals surface area (Å²) in [5, 5.41) is 10.8. The molecule has 6 nitrogen and oxygen atoms in total. The number of hydrogen-bond donors (Lipinski definition) is 0. The number of aryl methyl sites for hydroxylation is 1. The van der Waals surface area contributed by atoms with E-state index in [2.05, 4.69) is 24.1 Å². The number of nitro groups is 1. The molecule has 0 N–H and O–H groups in total. The molecule has 1 atom stereocenters. The lowest BCUT2D eigenvalue weighted by atomic mass is 9.89. The topological polar surface area (TPSA) is 64.8 Å². The van der Waals surface area contributed by atoms with Crippen LogP contribution in [0.5, 0.6) is 11.5 Å². The molecule has 0 saturated heterocycles. The van der Waals surface area contributed by atoms with Gasteiger partial charge in [-0.1, -0.05) is 12.1 Å². The maximum Gasteiger partial charge on any atom is 0.269 e. The van der Waals surface area contributed by atoms with E-state index >= 15 is 0 Å². The molecule has 0 spiro atoms. The second kappa shape index (κ2) is 8.39. The van der Waals surface area contributed by atoms with Crippen LogP contribution in [-0.4, -0.2) is 37.6 Å². The van der Waals surface area contributed by atoms with Crippen LogP contribution >= 0.6 is 0 Å². The summed E-state index contributed by atoms with van der Waals surface area (Å²) in [6.45, 7) is 1.02. The minimum absolute atomic E-state index is 0.140. The molecule has 2 aromatic rings. The summed E-state index contributed by atoms with van der Waals surface area (Å²) < 4.78 is 10.9. The van der Waals surface area contributed by atoms with Gasteiger partial charge in [-0.3, -0.25) is 15.0 Å². The Morgan fingerprint density at radius 2 is 1.81 bits per heavy atom. The van der Waals surface area contributed by atoms with Gasteiger partial charge in [0.1, 0.15) is 0 Å². The quantitative estimate of drug-likeness (QED) is 0.541. The second-order valence-electron chi connectivity index (χ2n) is 6.97. The Kier molecular flexibility index (Phi) is 5.96. The van der Waals surface area contributed by atoms with Crippen molar-refractivity contribution in [3.05, 3.63) is 63.2 Å². The minimum Gasteiger partial charge on any atom is -0.493 e.